The smallest absolute Gasteiger partial charge is 0.0487 e. The Kier molecular flexibility index (Phi) is 2.79. The molecule has 0 aromatic carbocycles. The molecule has 0 aromatic heterocycles. The molecule has 1 rings (SSSR count). The molecule has 1 fully saturated rings. The minimum atomic E-state index is 0.397. The second-order valence-corrected chi connectivity index (χ2v) is 5.10. The molecule has 0 amide bonds. The van der Waals surface area contributed by atoms with Crippen LogP contribution in [0.15, 0.2) is 0 Å². The van der Waals surface area contributed by atoms with Crippen molar-refractivity contribution in [1.82, 2.24) is 10.2 Å². The van der Waals surface area contributed by atoms with Crippen molar-refractivity contribution in [3.05, 3.63) is 0 Å². The summed E-state index contributed by atoms with van der Waals surface area (Å²) in [6, 6.07) is 1.35. The molecule has 0 radical (unpaired) electrons. The van der Waals surface area contributed by atoms with Crippen molar-refractivity contribution in [2.45, 2.75) is 46.7 Å². The number of nitrogens with one attached hydrogen (secondary N) is 1. The predicted molar refractivity (Wildman–Crippen MR) is 53.1 cm³/mol. The maximum Gasteiger partial charge on any atom is 0.0487 e. The molecule has 0 spiro atoms. The fourth-order valence-corrected chi connectivity index (χ4v) is 1.90. The molecule has 1 aliphatic rings. The fraction of sp³-hybridized carbons (Fsp3) is 1.00. The summed E-state index contributed by atoms with van der Waals surface area (Å²) in [6.07, 6.45) is 0. The Labute approximate surface area is 76.3 Å². The van der Waals surface area contributed by atoms with Crippen molar-refractivity contribution in [1.29, 1.82) is 0 Å². The second kappa shape index (κ2) is 3.35. The zero-order valence-electron chi connectivity index (χ0n) is 9.02. The quantitative estimate of drug-likeness (QED) is 0.644. The van der Waals surface area contributed by atoms with Gasteiger partial charge in [0, 0.05) is 25.3 Å². The average Bonchev–Trinajstić information content (AvgIpc) is 2.30. The molecule has 0 aromatic rings. The van der Waals surface area contributed by atoms with E-state index in [0.717, 1.165) is 13.2 Å². The van der Waals surface area contributed by atoms with Gasteiger partial charge in [0.05, 0.1) is 0 Å². The molecule has 1 heterocycles. The first-order valence-electron chi connectivity index (χ1n) is 4.89. The minimum Gasteiger partial charge on any atom is -0.303 e. The van der Waals surface area contributed by atoms with E-state index in [0.29, 0.717) is 17.5 Å². The van der Waals surface area contributed by atoms with Gasteiger partial charge in [-0.1, -0.05) is 20.8 Å². The molecule has 12 heavy (non-hydrogen) atoms. The summed E-state index contributed by atoms with van der Waals surface area (Å²) in [6.45, 7) is 13.7. The van der Waals surface area contributed by atoms with Gasteiger partial charge in [0.15, 0.2) is 0 Å². The monoisotopic (exact) mass is 170 g/mol. The van der Waals surface area contributed by atoms with E-state index >= 15 is 0 Å². The molecule has 2 heteroatoms. The van der Waals surface area contributed by atoms with E-state index < -0.39 is 0 Å². The van der Waals surface area contributed by atoms with Crippen LogP contribution in [0.5, 0.6) is 0 Å². The molecular formula is C10H22N2. The third-order valence-electron chi connectivity index (χ3n) is 2.70. The highest BCUT2D eigenvalue weighted by Gasteiger charge is 2.34. The Morgan fingerprint density at radius 2 is 1.92 bits per heavy atom. The van der Waals surface area contributed by atoms with E-state index in [2.05, 4.69) is 44.8 Å². The van der Waals surface area contributed by atoms with Crippen LogP contribution in [-0.4, -0.2) is 30.2 Å². The SMILES string of the molecule is CC(C)N1CNCC1C(C)(C)C. The van der Waals surface area contributed by atoms with E-state index in [9.17, 15) is 0 Å². The number of hydrogen-bond acceptors (Lipinski definition) is 2. The topological polar surface area (TPSA) is 15.3 Å². The summed E-state index contributed by atoms with van der Waals surface area (Å²) in [5.74, 6) is 0. The van der Waals surface area contributed by atoms with Crippen LogP contribution in [0.25, 0.3) is 0 Å². The summed E-state index contributed by atoms with van der Waals surface area (Å²) < 4.78 is 0. The Morgan fingerprint density at radius 1 is 1.33 bits per heavy atom. The van der Waals surface area contributed by atoms with Gasteiger partial charge in [0.1, 0.15) is 0 Å². The summed E-state index contributed by atoms with van der Waals surface area (Å²) in [5, 5.41) is 3.44. The zero-order chi connectivity index (χ0) is 9.35. The zero-order valence-corrected chi connectivity index (χ0v) is 9.02. The van der Waals surface area contributed by atoms with Crippen LogP contribution in [0.4, 0.5) is 0 Å². The molecule has 72 valence electrons. The third kappa shape index (κ3) is 1.99. The first-order chi connectivity index (χ1) is 5.43. The summed E-state index contributed by atoms with van der Waals surface area (Å²) in [5.41, 5.74) is 0.397. The van der Waals surface area contributed by atoms with E-state index in [4.69, 9.17) is 0 Å². The number of hydrogen-bond donors (Lipinski definition) is 1. The molecular weight excluding hydrogens is 148 g/mol. The largest absolute Gasteiger partial charge is 0.303 e. The van der Waals surface area contributed by atoms with Crippen molar-refractivity contribution in [2.24, 2.45) is 5.41 Å². The van der Waals surface area contributed by atoms with Crippen molar-refractivity contribution in [3.8, 4) is 0 Å². The highest BCUT2D eigenvalue weighted by molar-refractivity contribution is 4.90. The lowest BCUT2D eigenvalue weighted by atomic mass is 9.86. The standard InChI is InChI=1S/C10H22N2/c1-8(2)12-7-11-6-9(12)10(3,4)5/h8-9,11H,6-7H2,1-5H3. The number of rotatable bonds is 1. The van der Waals surface area contributed by atoms with Crippen LogP contribution >= 0.6 is 0 Å². The van der Waals surface area contributed by atoms with E-state index in [1.54, 1.807) is 0 Å². The van der Waals surface area contributed by atoms with Crippen molar-refractivity contribution in [2.75, 3.05) is 13.2 Å². The number of nitrogens with zero attached hydrogens (tertiary/aromatic N) is 1. The van der Waals surface area contributed by atoms with Gasteiger partial charge in [-0.3, -0.25) is 4.90 Å². The lowest BCUT2D eigenvalue weighted by Gasteiger charge is -2.36. The minimum absolute atomic E-state index is 0.397. The molecule has 0 bridgehead atoms. The van der Waals surface area contributed by atoms with Gasteiger partial charge < -0.3 is 5.32 Å². The maximum absolute atomic E-state index is 3.44. The van der Waals surface area contributed by atoms with Crippen molar-refractivity contribution in [3.63, 3.8) is 0 Å². The van der Waals surface area contributed by atoms with E-state index in [1.807, 2.05) is 0 Å². The van der Waals surface area contributed by atoms with Crippen LogP contribution in [0.1, 0.15) is 34.6 Å². The molecule has 1 atom stereocenters. The molecule has 0 saturated carbocycles. The van der Waals surface area contributed by atoms with Gasteiger partial charge in [-0.25, -0.2) is 0 Å². The summed E-state index contributed by atoms with van der Waals surface area (Å²) in [4.78, 5) is 2.54. The third-order valence-corrected chi connectivity index (χ3v) is 2.70. The first kappa shape index (κ1) is 10.0. The van der Waals surface area contributed by atoms with Crippen LogP contribution in [-0.2, 0) is 0 Å². The predicted octanol–water partition coefficient (Wildman–Crippen LogP) is 1.67. The Morgan fingerprint density at radius 3 is 2.25 bits per heavy atom. The van der Waals surface area contributed by atoms with Crippen LogP contribution in [0.3, 0.4) is 0 Å². The van der Waals surface area contributed by atoms with Crippen LogP contribution in [0, 0.1) is 5.41 Å². The van der Waals surface area contributed by atoms with Crippen molar-refractivity contribution < 1.29 is 0 Å². The van der Waals surface area contributed by atoms with Gasteiger partial charge in [-0.05, 0) is 19.3 Å². The Bertz CT molecular complexity index is 146. The normalized spacial score (nSPS) is 27.0. The Balaban J connectivity index is 2.64. The van der Waals surface area contributed by atoms with Crippen molar-refractivity contribution >= 4 is 0 Å². The van der Waals surface area contributed by atoms with Gasteiger partial charge >= 0.3 is 0 Å². The molecule has 0 aliphatic carbocycles. The second-order valence-electron chi connectivity index (χ2n) is 5.10. The summed E-state index contributed by atoms with van der Waals surface area (Å²) >= 11 is 0. The average molecular weight is 170 g/mol. The molecule has 2 nitrogen and oxygen atoms in total. The Hall–Kier alpha value is -0.0800. The van der Waals surface area contributed by atoms with Crippen LogP contribution < -0.4 is 5.32 Å². The van der Waals surface area contributed by atoms with E-state index in [1.165, 1.54) is 0 Å². The molecule has 1 unspecified atom stereocenters. The first-order valence-corrected chi connectivity index (χ1v) is 4.89. The lowest BCUT2D eigenvalue weighted by Crippen LogP contribution is -2.44. The maximum atomic E-state index is 3.44. The van der Waals surface area contributed by atoms with Gasteiger partial charge in [-0.2, -0.15) is 0 Å². The van der Waals surface area contributed by atoms with E-state index in [-0.39, 0.29) is 0 Å². The lowest BCUT2D eigenvalue weighted by molar-refractivity contribution is 0.118. The molecule has 1 saturated heterocycles. The van der Waals surface area contributed by atoms with Crippen LogP contribution in [0.2, 0.25) is 0 Å². The highest BCUT2D eigenvalue weighted by Crippen LogP contribution is 2.27. The van der Waals surface area contributed by atoms with Gasteiger partial charge in [0.25, 0.3) is 0 Å². The fourth-order valence-electron chi connectivity index (χ4n) is 1.90. The van der Waals surface area contributed by atoms with Gasteiger partial charge in [0.2, 0.25) is 0 Å². The molecule has 1 aliphatic heterocycles. The van der Waals surface area contributed by atoms with Gasteiger partial charge in [-0.15, -0.1) is 0 Å². The summed E-state index contributed by atoms with van der Waals surface area (Å²) in [7, 11) is 0. The highest BCUT2D eigenvalue weighted by atomic mass is 15.3. The molecule has 1 N–H and O–H groups in total.